The predicted octanol–water partition coefficient (Wildman–Crippen LogP) is 3.92. The summed E-state index contributed by atoms with van der Waals surface area (Å²) in [6, 6.07) is 7.18. The molecule has 1 aliphatic carbocycles. The smallest absolute Gasteiger partial charge is 0.252 e. The highest BCUT2D eigenvalue weighted by Gasteiger charge is 2.41. The molecule has 2 aromatic heterocycles. The molecule has 2 heterocycles. The van der Waals surface area contributed by atoms with Gasteiger partial charge in [-0.3, -0.25) is 4.79 Å². The summed E-state index contributed by atoms with van der Waals surface area (Å²) in [5, 5.41) is 10.2. The molecule has 3 aromatic rings. The van der Waals surface area contributed by atoms with Gasteiger partial charge in [0.05, 0.1) is 10.7 Å². The number of aryl methyl sites for hydroxylation is 2. The molecule has 1 N–H and O–H groups in total. The third-order valence-electron chi connectivity index (χ3n) is 4.92. The summed E-state index contributed by atoms with van der Waals surface area (Å²) >= 11 is 1.59. The highest BCUT2D eigenvalue weighted by atomic mass is 32.1. The number of nitrogens with one attached hydrogen (secondary N) is 1. The minimum absolute atomic E-state index is 0.167. The van der Waals surface area contributed by atoms with E-state index in [9.17, 15) is 4.79 Å². The molecule has 1 amide bonds. The number of rotatable bonds is 6. The largest absolute Gasteiger partial charge is 0.487 e. The monoisotopic (exact) mass is 398 g/mol. The third kappa shape index (κ3) is 3.91. The van der Waals surface area contributed by atoms with E-state index in [2.05, 4.69) is 20.4 Å². The van der Waals surface area contributed by atoms with E-state index in [1.807, 2.05) is 24.4 Å². The average Bonchev–Trinajstić information content (AvgIpc) is 3.42. The van der Waals surface area contributed by atoms with Gasteiger partial charge in [0.25, 0.3) is 5.91 Å². The molecule has 7 nitrogen and oxygen atoms in total. The molecule has 1 aliphatic rings. The van der Waals surface area contributed by atoms with Crippen LogP contribution in [-0.2, 0) is 12.1 Å². The topological polar surface area (TPSA) is 90.1 Å². The van der Waals surface area contributed by atoms with E-state index < -0.39 is 5.54 Å². The van der Waals surface area contributed by atoms with E-state index in [-0.39, 0.29) is 5.91 Å². The number of thiazole rings is 1. The van der Waals surface area contributed by atoms with Crippen molar-refractivity contribution in [2.24, 2.45) is 0 Å². The van der Waals surface area contributed by atoms with Crippen LogP contribution in [-0.4, -0.2) is 21.0 Å². The van der Waals surface area contributed by atoms with Crippen molar-refractivity contribution >= 4 is 17.2 Å². The number of benzene rings is 1. The maximum atomic E-state index is 13.0. The first-order chi connectivity index (χ1) is 13.5. The molecule has 146 valence electrons. The van der Waals surface area contributed by atoms with Crippen molar-refractivity contribution in [2.75, 3.05) is 0 Å². The lowest BCUT2D eigenvalue weighted by Gasteiger charge is -2.26. The van der Waals surface area contributed by atoms with Crippen LogP contribution >= 0.6 is 11.3 Å². The lowest BCUT2D eigenvalue weighted by atomic mass is 9.96. The third-order valence-corrected chi connectivity index (χ3v) is 5.74. The summed E-state index contributed by atoms with van der Waals surface area (Å²) in [5.74, 6) is 1.53. The maximum Gasteiger partial charge on any atom is 0.252 e. The number of ether oxygens (including phenoxy) is 1. The molecule has 0 spiro atoms. The molecule has 0 saturated heterocycles. The molecular weight excluding hydrogens is 376 g/mol. The van der Waals surface area contributed by atoms with E-state index in [1.54, 1.807) is 30.4 Å². The second-order valence-electron chi connectivity index (χ2n) is 7.05. The number of carbonyl (C=O) groups is 1. The first-order valence-electron chi connectivity index (χ1n) is 9.31. The summed E-state index contributed by atoms with van der Waals surface area (Å²) in [4.78, 5) is 21.7. The molecule has 0 bridgehead atoms. The number of nitrogens with zero attached hydrogens (tertiary/aromatic N) is 3. The normalized spacial score (nSPS) is 15.5. The number of aromatic nitrogens is 3. The van der Waals surface area contributed by atoms with Gasteiger partial charge in [0.15, 0.2) is 5.82 Å². The van der Waals surface area contributed by atoms with Crippen LogP contribution < -0.4 is 10.1 Å². The Kier molecular flexibility index (Phi) is 5.13. The Morgan fingerprint density at radius 2 is 2.11 bits per heavy atom. The molecule has 1 saturated carbocycles. The number of amides is 1. The fraction of sp³-hybridized carbons (Fsp3) is 0.400. The second-order valence-corrected chi connectivity index (χ2v) is 8.12. The standard InChI is InChI=1S/C20H22N4O3S/c1-13-21-19(24-27-13)20(8-3-4-9-20)23-18(25)15-6-5-7-17(10-15)26-11-16-12-28-14(2)22-16/h5-7,10,12H,3-4,8-9,11H2,1-2H3,(H,23,25). The molecular formula is C20H22N4O3S. The zero-order chi connectivity index (χ0) is 19.6. The van der Waals surface area contributed by atoms with Crippen LogP contribution in [0.5, 0.6) is 5.75 Å². The van der Waals surface area contributed by atoms with Crippen LogP contribution in [0.4, 0.5) is 0 Å². The Hall–Kier alpha value is -2.74. The van der Waals surface area contributed by atoms with Crippen LogP contribution in [0.25, 0.3) is 0 Å². The minimum Gasteiger partial charge on any atom is -0.487 e. The van der Waals surface area contributed by atoms with E-state index in [4.69, 9.17) is 9.26 Å². The Bertz CT molecular complexity index is 975. The van der Waals surface area contributed by atoms with E-state index in [0.29, 0.717) is 29.6 Å². The summed E-state index contributed by atoms with van der Waals surface area (Å²) in [7, 11) is 0. The van der Waals surface area contributed by atoms with Gasteiger partial charge in [-0.25, -0.2) is 4.98 Å². The van der Waals surface area contributed by atoms with Crippen molar-refractivity contribution < 1.29 is 14.1 Å². The van der Waals surface area contributed by atoms with E-state index >= 15 is 0 Å². The van der Waals surface area contributed by atoms with Crippen molar-refractivity contribution in [3.63, 3.8) is 0 Å². The van der Waals surface area contributed by atoms with Crippen LogP contribution in [0.15, 0.2) is 34.2 Å². The van der Waals surface area contributed by atoms with Crippen molar-refractivity contribution in [2.45, 2.75) is 51.7 Å². The highest BCUT2D eigenvalue weighted by molar-refractivity contribution is 7.09. The number of hydrogen-bond acceptors (Lipinski definition) is 7. The van der Waals surface area contributed by atoms with E-state index in [1.165, 1.54) is 0 Å². The van der Waals surface area contributed by atoms with Gasteiger partial charge in [0.1, 0.15) is 17.9 Å². The SMILES string of the molecule is Cc1nc(C2(NC(=O)c3cccc(OCc4csc(C)n4)c3)CCCC2)no1. The summed E-state index contributed by atoms with van der Waals surface area (Å²) in [6.45, 7) is 4.09. The Labute approximate surface area is 167 Å². The quantitative estimate of drug-likeness (QED) is 0.677. The van der Waals surface area contributed by atoms with Crippen LogP contribution in [0, 0.1) is 13.8 Å². The van der Waals surface area contributed by atoms with Crippen LogP contribution in [0.2, 0.25) is 0 Å². The average molecular weight is 398 g/mol. The van der Waals surface area contributed by atoms with Crippen molar-refractivity contribution in [1.82, 2.24) is 20.4 Å². The molecule has 0 unspecified atom stereocenters. The highest BCUT2D eigenvalue weighted by Crippen LogP contribution is 2.37. The minimum atomic E-state index is -0.566. The van der Waals surface area contributed by atoms with Crippen molar-refractivity contribution in [3.05, 3.63) is 57.6 Å². The van der Waals surface area contributed by atoms with Gasteiger partial charge in [-0.05, 0) is 38.0 Å². The summed E-state index contributed by atoms with van der Waals surface area (Å²) < 4.78 is 11.0. The Morgan fingerprint density at radius 1 is 1.29 bits per heavy atom. The number of hydrogen-bond donors (Lipinski definition) is 1. The van der Waals surface area contributed by atoms with Gasteiger partial charge in [0.2, 0.25) is 5.89 Å². The molecule has 0 atom stereocenters. The fourth-order valence-corrected chi connectivity index (χ4v) is 4.12. The van der Waals surface area contributed by atoms with Gasteiger partial charge in [-0.1, -0.05) is 24.1 Å². The molecule has 1 aromatic carbocycles. The maximum absolute atomic E-state index is 13.0. The first kappa shape index (κ1) is 18.6. The second kappa shape index (κ2) is 7.71. The predicted molar refractivity (Wildman–Crippen MR) is 104 cm³/mol. The molecule has 0 aliphatic heterocycles. The lowest BCUT2D eigenvalue weighted by Crippen LogP contribution is -2.44. The Morgan fingerprint density at radius 3 is 2.79 bits per heavy atom. The zero-order valence-electron chi connectivity index (χ0n) is 15.9. The zero-order valence-corrected chi connectivity index (χ0v) is 16.7. The van der Waals surface area contributed by atoms with Crippen molar-refractivity contribution in [3.8, 4) is 5.75 Å². The lowest BCUT2D eigenvalue weighted by molar-refractivity contribution is 0.0891. The van der Waals surface area contributed by atoms with Gasteiger partial charge in [-0.2, -0.15) is 4.98 Å². The molecule has 28 heavy (non-hydrogen) atoms. The first-order valence-corrected chi connectivity index (χ1v) is 10.2. The van der Waals surface area contributed by atoms with Gasteiger partial charge in [0, 0.05) is 17.9 Å². The van der Waals surface area contributed by atoms with Gasteiger partial charge in [-0.15, -0.1) is 11.3 Å². The molecule has 0 radical (unpaired) electrons. The molecule has 1 fully saturated rings. The van der Waals surface area contributed by atoms with Gasteiger partial charge < -0.3 is 14.6 Å². The van der Waals surface area contributed by atoms with Crippen LogP contribution in [0.3, 0.4) is 0 Å². The number of carbonyl (C=O) groups excluding carboxylic acids is 1. The molecule has 4 rings (SSSR count). The molecule has 8 heteroatoms. The van der Waals surface area contributed by atoms with Gasteiger partial charge >= 0.3 is 0 Å². The van der Waals surface area contributed by atoms with Crippen molar-refractivity contribution in [1.29, 1.82) is 0 Å². The summed E-state index contributed by atoms with van der Waals surface area (Å²) in [5.41, 5.74) is 0.859. The van der Waals surface area contributed by atoms with Crippen LogP contribution in [0.1, 0.15) is 58.5 Å². The van der Waals surface area contributed by atoms with E-state index in [0.717, 1.165) is 36.4 Å². The summed E-state index contributed by atoms with van der Waals surface area (Å²) in [6.07, 6.45) is 3.64. The fourth-order valence-electron chi connectivity index (χ4n) is 3.53. The Balaban J connectivity index is 1.48.